The van der Waals surface area contributed by atoms with Crippen molar-refractivity contribution in [3.63, 3.8) is 0 Å². The summed E-state index contributed by atoms with van der Waals surface area (Å²) in [5.41, 5.74) is 3.37. The number of benzene rings is 1. The van der Waals surface area contributed by atoms with Crippen molar-refractivity contribution in [2.24, 2.45) is 0 Å². The van der Waals surface area contributed by atoms with Gasteiger partial charge in [0.15, 0.2) is 0 Å². The highest BCUT2D eigenvalue weighted by Crippen LogP contribution is 2.27. The van der Waals surface area contributed by atoms with E-state index < -0.39 is 6.04 Å². The second kappa shape index (κ2) is 10.8. The highest BCUT2D eigenvalue weighted by Gasteiger charge is 2.32. The van der Waals surface area contributed by atoms with Gasteiger partial charge in [-0.25, -0.2) is 0 Å². The first kappa shape index (κ1) is 21.9. The van der Waals surface area contributed by atoms with E-state index in [1.54, 1.807) is 4.90 Å². The van der Waals surface area contributed by atoms with Gasteiger partial charge in [-0.05, 0) is 57.4 Å². The number of carbonyl (C=O) groups excluding carboxylic acids is 2. The van der Waals surface area contributed by atoms with Gasteiger partial charge in [0.1, 0.15) is 11.9 Å². The molecular formula is C24H33ClN2O2. The molecule has 2 aliphatic carbocycles. The Hall–Kier alpha value is -1.81. The highest BCUT2D eigenvalue weighted by molar-refractivity contribution is 6.27. The summed E-state index contributed by atoms with van der Waals surface area (Å²) in [5, 5.41) is 3.20. The third-order valence-corrected chi connectivity index (χ3v) is 6.38. The van der Waals surface area contributed by atoms with E-state index in [1.807, 2.05) is 31.2 Å². The van der Waals surface area contributed by atoms with Crippen molar-refractivity contribution >= 4 is 23.4 Å². The fraction of sp³-hybridized carbons (Fsp3) is 0.583. The number of hydrogen-bond acceptors (Lipinski definition) is 2. The third kappa shape index (κ3) is 6.08. The maximum Gasteiger partial charge on any atom is 0.247 e. The Morgan fingerprint density at radius 3 is 2.48 bits per heavy atom. The summed E-state index contributed by atoms with van der Waals surface area (Å²) in [5.74, 6) is -0.384. The van der Waals surface area contributed by atoms with E-state index >= 15 is 0 Å². The maximum atomic E-state index is 13.3. The molecule has 29 heavy (non-hydrogen) atoms. The van der Waals surface area contributed by atoms with Gasteiger partial charge >= 0.3 is 0 Å². The molecule has 1 aromatic carbocycles. The molecule has 0 aliphatic heterocycles. The molecule has 1 saturated carbocycles. The average Bonchev–Trinajstić information content (AvgIpc) is 3.25. The van der Waals surface area contributed by atoms with Crippen LogP contribution in [-0.2, 0) is 9.59 Å². The van der Waals surface area contributed by atoms with Crippen molar-refractivity contribution in [2.45, 2.75) is 76.8 Å². The number of rotatable bonds is 8. The van der Waals surface area contributed by atoms with Crippen LogP contribution in [0.5, 0.6) is 0 Å². The van der Waals surface area contributed by atoms with Crippen LogP contribution in [-0.4, -0.2) is 35.2 Å². The molecule has 1 aromatic rings. The van der Waals surface area contributed by atoms with Crippen LogP contribution in [0.25, 0.3) is 0 Å². The van der Waals surface area contributed by atoms with Gasteiger partial charge in [0.05, 0.1) is 0 Å². The van der Waals surface area contributed by atoms with E-state index in [1.165, 1.54) is 18.4 Å². The maximum absolute atomic E-state index is 13.3. The Kier molecular flexibility index (Phi) is 8.17. The molecule has 1 unspecified atom stereocenters. The Balaban J connectivity index is 1.83. The summed E-state index contributed by atoms with van der Waals surface area (Å²) in [7, 11) is 0. The Labute approximate surface area is 179 Å². The molecule has 2 aliphatic rings. The third-order valence-electron chi connectivity index (χ3n) is 6.15. The van der Waals surface area contributed by atoms with Crippen LogP contribution in [0.3, 0.4) is 0 Å². The van der Waals surface area contributed by atoms with Gasteiger partial charge in [-0.1, -0.05) is 54.3 Å². The molecular weight excluding hydrogens is 384 g/mol. The molecule has 0 radical (unpaired) electrons. The number of carbonyl (C=O) groups is 2. The summed E-state index contributed by atoms with van der Waals surface area (Å²) in [6, 6.07) is 7.50. The van der Waals surface area contributed by atoms with E-state index in [4.69, 9.17) is 11.6 Å². The number of alkyl halides is 1. The number of amides is 2. The van der Waals surface area contributed by atoms with Crippen LogP contribution >= 0.6 is 11.6 Å². The lowest BCUT2D eigenvalue weighted by atomic mass is 9.96. The predicted octanol–water partition coefficient (Wildman–Crippen LogP) is 5.05. The second-order valence-electron chi connectivity index (χ2n) is 8.38. The van der Waals surface area contributed by atoms with Crippen LogP contribution in [0.1, 0.15) is 75.0 Å². The quantitative estimate of drug-likeness (QED) is 0.476. The van der Waals surface area contributed by atoms with E-state index in [9.17, 15) is 9.59 Å². The van der Waals surface area contributed by atoms with Crippen molar-refractivity contribution in [1.82, 2.24) is 10.2 Å². The fourth-order valence-electron chi connectivity index (χ4n) is 4.44. The first-order valence-electron chi connectivity index (χ1n) is 11.0. The lowest BCUT2D eigenvalue weighted by Crippen LogP contribution is -2.47. The van der Waals surface area contributed by atoms with Gasteiger partial charge in [-0.3, -0.25) is 9.59 Å². The first-order valence-corrected chi connectivity index (χ1v) is 11.5. The zero-order chi connectivity index (χ0) is 20.6. The number of aryl methyl sites for hydroxylation is 1. The average molecular weight is 417 g/mol. The number of nitrogens with zero attached hydrogens (tertiary/aromatic N) is 1. The molecule has 0 spiro atoms. The van der Waals surface area contributed by atoms with Crippen molar-refractivity contribution in [1.29, 1.82) is 0 Å². The van der Waals surface area contributed by atoms with Crippen LogP contribution in [0, 0.1) is 6.92 Å². The molecule has 5 heteroatoms. The van der Waals surface area contributed by atoms with Gasteiger partial charge in [0, 0.05) is 12.6 Å². The molecule has 1 atom stereocenters. The standard InChI is InChI=1S/C24H33ClN2O2/c1-18-11-13-20(14-12-18)23(24(29)26-21-9-5-6-10-21)27(22(28)17-25)16-15-19-7-3-2-4-8-19/h7,11-14,21,23H,2-6,8-10,15-17H2,1H3,(H,26,29). The molecule has 1 N–H and O–H groups in total. The fourth-order valence-corrected chi connectivity index (χ4v) is 4.60. The molecule has 0 bridgehead atoms. The SMILES string of the molecule is Cc1ccc(C(C(=O)NC2CCCC2)N(CCC2=CCCCC2)C(=O)CCl)cc1. The second-order valence-corrected chi connectivity index (χ2v) is 8.65. The van der Waals surface area contributed by atoms with Gasteiger partial charge < -0.3 is 10.2 Å². The van der Waals surface area contributed by atoms with Crippen LogP contribution in [0.4, 0.5) is 0 Å². The van der Waals surface area contributed by atoms with E-state index in [0.717, 1.165) is 56.1 Å². The predicted molar refractivity (Wildman–Crippen MR) is 118 cm³/mol. The van der Waals surface area contributed by atoms with Crippen molar-refractivity contribution in [2.75, 3.05) is 12.4 Å². The van der Waals surface area contributed by atoms with E-state index in [-0.39, 0.29) is 23.7 Å². The zero-order valence-electron chi connectivity index (χ0n) is 17.5. The van der Waals surface area contributed by atoms with Gasteiger partial charge in [0.2, 0.25) is 11.8 Å². The summed E-state index contributed by atoms with van der Waals surface area (Å²) < 4.78 is 0. The number of hydrogen-bond donors (Lipinski definition) is 1. The number of halogens is 1. The minimum Gasteiger partial charge on any atom is -0.351 e. The minimum atomic E-state index is -0.633. The zero-order valence-corrected chi connectivity index (χ0v) is 18.2. The van der Waals surface area contributed by atoms with E-state index in [2.05, 4.69) is 11.4 Å². The molecule has 0 aromatic heterocycles. The lowest BCUT2D eigenvalue weighted by molar-refractivity contribution is -0.139. The number of allylic oxidation sites excluding steroid dienone is 1. The molecule has 0 saturated heterocycles. The van der Waals surface area contributed by atoms with Crippen LogP contribution < -0.4 is 5.32 Å². The Morgan fingerprint density at radius 2 is 1.86 bits per heavy atom. The van der Waals surface area contributed by atoms with Gasteiger partial charge in [0.25, 0.3) is 0 Å². The number of nitrogens with one attached hydrogen (secondary N) is 1. The van der Waals surface area contributed by atoms with Crippen molar-refractivity contribution in [3.8, 4) is 0 Å². The normalized spacial score (nSPS) is 18.2. The van der Waals surface area contributed by atoms with Crippen LogP contribution in [0.15, 0.2) is 35.9 Å². The van der Waals surface area contributed by atoms with Crippen LogP contribution in [0.2, 0.25) is 0 Å². The van der Waals surface area contributed by atoms with Crippen molar-refractivity contribution < 1.29 is 9.59 Å². The molecule has 1 fully saturated rings. The Morgan fingerprint density at radius 1 is 1.14 bits per heavy atom. The smallest absolute Gasteiger partial charge is 0.247 e. The molecule has 4 nitrogen and oxygen atoms in total. The molecule has 3 rings (SSSR count). The molecule has 2 amide bonds. The summed E-state index contributed by atoms with van der Waals surface area (Å²) in [6.45, 7) is 2.54. The summed E-state index contributed by atoms with van der Waals surface area (Å²) in [4.78, 5) is 27.8. The monoisotopic (exact) mass is 416 g/mol. The molecule has 158 valence electrons. The first-order chi connectivity index (χ1) is 14.1. The van der Waals surface area contributed by atoms with Gasteiger partial charge in [-0.2, -0.15) is 0 Å². The molecule has 0 heterocycles. The minimum absolute atomic E-state index is 0.0863. The highest BCUT2D eigenvalue weighted by atomic mass is 35.5. The topological polar surface area (TPSA) is 49.4 Å². The summed E-state index contributed by atoms with van der Waals surface area (Å²) >= 11 is 5.96. The largest absolute Gasteiger partial charge is 0.351 e. The lowest BCUT2D eigenvalue weighted by Gasteiger charge is -2.32. The van der Waals surface area contributed by atoms with Crippen molar-refractivity contribution in [3.05, 3.63) is 47.0 Å². The van der Waals surface area contributed by atoms with Gasteiger partial charge in [-0.15, -0.1) is 11.6 Å². The summed E-state index contributed by atoms with van der Waals surface area (Å²) in [6.07, 6.45) is 12.1. The van der Waals surface area contributed by atoms with E-state index in [0.29, 0.717) is 6.54 Å². The Bertz CT molecular complexity index is 723.